The third-order valence-corrected chi connectivity index (χ3v) is 6.94. The van der Waals surface area contributed by atoms with E-state index in [1.807, 2.05) is 0 Å². The highest BCUT2D eigenvalue weighted by molar-refractivity contribution is 7.89. The van der Waals surface area contributed by atoms with Crippen molar-refractivity contribution < 1.29 is 17.6 Å². The monoisotopic (exact) mass is 453 g/mol. The van der Waals surface area contributed by atoms with Crippen LogP contribution in [0.3, 0.4) is 0 Å². The van der Waals surface area contributed by atoms with Gasteiger partial charge in [0.25, 0.3) is 0 Å². The Labute approximate surface area is 177 Å². The van der Waals surface area contributed by atoms with Crippen molar-refractivity contribution in [2.75, 3.05) is 18.9 Å². The van der Waals surface area contributed by atoms with E-state index in [0.29, 0.717) is 16.6 Å². The quantitative estimate of drug-likeness (QED) is 0.590. The zero-order chi connectivity index (χ0) is 21.0. The summed E-state index contributed by atoms with van der Waals surface area (Å²) in [6.07, 6.45) is 2.08. The fourth-order valence-electron chi connectivity index (χ4n) is 2.53. The van der Waals surface area contributed by atoms with Gasteiger partial charge < -0.3 is 5.32 Å². The van der Waals surface area contributed by atoms with Gasteiger partial charge in [0.1, 0.15) is 5.82 Å². The standard InChI is InChI=1S/C19H17ClFN3O3S2/c1-24(29(26,27)17-7-5-14(20)6-8-17)12-18(25)23-19-22-11-16(28-19)10-13-3-2-4-15(21)9-13/h2-9,11H,10,12H2,1H3,(H,22,23,25). The van der Waals surface area contributed by atoms with Crippen molar-refractivity contribution in [1.29, 1.82) is 0 Å². The zero-order valence-electron chi connectivity index (χ0n) is 15.3. The van der Waals surface area contributed by atoms with Crippen LogP contribution in [0.5, 0.6) is 0 Å². The number of likely N-dealkylation sites (N-methyl/N-ethyl adjacent to an activating group) is 1. The number of rotatable bonds is 7. The molecule has 0 saturated heterocycles. The van der Waals surface area contributed by atoms with Gasteiger partial charge in [0, 0.05) is 29.6 Å². The molecule has 152 valence electrons. The zero-order valence-corrected chi connectivity index (χ0v) is 17.7. The molecule has 0 aliphatic carbocycles. The maximum Gasteiger partial charge on any atom is 0.243 e. The Morgan fingerprint density at radius 2 is 1.97 bits per heavy atom. The molecule has 0 bridgehead atoms. The summed E-state index contributed by atoms with van der Waals surface area (Å²) in [4.78, 5) is 17.3. The van der Waals surface area contributed by atoms with E-state index in [2.05, 4.69) is 10.3 Å². The Bertz CT molecular complexity index is 1120. The summed E-state index contributed by atoms with van der Waals surface area (Å²) in [5, 5.41) is 3.35. The molecule has 0 radical (unpaired) electrons. The van der Waals surface area contributed by atoms with E-state index < -0.39 is 15.9 Å². The molecule has 1 heterocycles. The average Bonchev–Trinajstić information content (AvgIpc) is 3.08. The maximum absolute atomic E-state index is 13.3. The third-order valence-electron chi connectivity index (χ3n) is 3.96. The van der Waals surface area contributed by atoms with Gasteiger partial charge in [-0.25, -0.2) is 17.8 Å². The molecule has 0 fully saturated rings. The second kappa shape index (κ2) is 9.00. The molecule has 3 aromatic rings. The molecular weight excluding hydrogens is 437 g/mol. The maximum atomic E-state index is 13.3. The first-order valence-electron chi connectivity index (χ1n) is 8.45. The van der Waals surface area contributed by atoms with Crippen molar-refractivity contribution in [2.45, 2.75) is 11.3 Å². The minimum Gasteiger partial charge on any atom is -0.301 e. The number of nitrogens with zero attached hydrogens (tertiary/aromatic N) is 2. The largest absolute Gasteiger partial charge is 0.301 e. The van der Waals surface area contributed by atoms with Crippen molar-refractivity contribution >= 4 is 44.0 Å². The van der Waals surface area contributed by atoms with Crippen LogP contribution in [0, 0.1) is 5.82 Å². The van der Waals surface area contributed by atoms with Gasteiger partial charge in [-0.2, -0.15) is 4.31 Å². The number of sulfonamides is 1. The number of thiazole rings is 1. The molecule has 1 aromatic heterocycles. The molecule has 1 N–H and O–H groups in total. The number of carbonyl (C=O) groups is 1. The van der Waals surface area contributed by atoms with Crippen LogP contribution in [0.2, 0.25) is 5.02 Å². The molecule has 0 atom stereocenters. The van der Waals surface area contributed by atoms with E-state index in [1.54, 1.807) is 18.3 Å². The van der Waals surface area contributed by atoms with Gasteiger partial charge in [0.15, 0.2) is 5.13 Å². The lowest BCUT2D eigenvalue weighted by Crippen LogP contribution is -2.34. The lowest BCUT2D eigenvalue weighted by atomic mass is 10.1. The lowest BCUT2D eigenvalue weighted by molar-refractivity contribution is -0.116. The minimum atomic E-state index is -3.82. The van der Waals surface area contributed by atoms with Crippen LogP contribution in [0.4, 0.5) is 9.52 Å². The molecule has 29 heavy (non-hydrogen) atoms. The summed E-state index contributed by atoms with van der Waals surface area (Å²) in [5.74, 6) is -0.831. The normalized spacial score (nSPS) is 11.6. The van der Waals surface area contributed by atoms with Gasteiger partial charge >= 0.3 is 0 Å². The Morgan fingerprint density at radius 3 is 2.66 bits per heavy atom. The Hall–Kier alpha value is -2.33. The molecule has 0 aliphatic rings. The van der Waals surface area contributed by atoms with Crippen LogP contribution in [0.1, 0.15) is 10.4 Å². The van der Waals surface area contributed by atoms with E-state index in [0.717, 1.165) is 14.7 Å². The van der Waals surface area contributed by atoms with Gasteiger partial charge in [-0.3, -0.25) is 4.79 Å². The molecule has 0 unspecified atom stereocenters. The molecule has 10 heteroatoms. The van der Waals surface area contributed by atoms with E-state index in [-0.39, 0.29) is 17.3 Å². The summed E-state index contributed by atoms with van der Waals surface area (Å²) < 4.78 is 39.3. The number of halogens is 2. The molecule has 6 nitrogen and oxygen atoms in total. The fraction of sp³-hybridized carbons (Fsp3) is 0.158. The third kappa shape index (κ3) is 5.60. The Morgan fingerprint density at radius 1 is 1.24 bits per heavy atom. The number of carbonyl (C=O) groups excluding carboxylic acids is 1. The molecule has 0 saturated carbocycles. The molecule has 0 spiro atoms. The topological polar surface area (TPSA) is 79.4 Å². The van der Waals surface area contributed by atoms with Crippen LogP contribution in [-0.2, 0) is 21.2 Å². The minimum absolute atomic E-state index is 0.0452. The van der Waals surface area contributed by atoms with E-state index in [4.69, 9.17) is 11.6 Å². The second-order valence-electron chi connectivity index (χ2n) is 6.20. The number of nitrogens with one attached hydrogen (secondary N) is 1. The number of benzene rings is 2. The lowest BCUT2D eigenvalue weighted by Gasteiger charge is -2.16. The van der Waals surface area contributed by atoms with Gasteiger partial charge in [0.05, 0.1) is 11.4 Å². The van der Waals surface area contributed by atoms with Crippen LogP contribution in [-0.4, -0.2) is 37.2 Å². The Kier molecular flexibility index (Phi) is 6.63. The van der Waals surface area contributed by atoms with Gasteiger partial charge in [0.2, 0.25) is 15.9 Å². The van der Waals surface area contributed by atoms with Crippen molar-refractivity contribution in [3.8, 4) is 0 Å². The first-order chi connectivity index (χ1) is 13.7. The average molecular weight is 454 g/mol. The van der Waals surface area contributed by atoms with E-state index in [9.17, 15) is 17.6 Å². The summed E-state index contributed by atoms with van der Waals surface area (Å²) in [6.45, 7) is -0.371. The smallest absolute Gasteiger partial charge is 0.243 e. The molecule has 0 aliphatic heterocycles. The summed E-state index contributed by atoms with van der Waals surface area (Å²) in [7, 11) is -2.50. The van der Waals surface area contributed by atoms with Crippen molar-refractivity contribution in [2.24, 2.45) is 0 Å². The SMILES string of the molecule is CN(CC(=O)Nc1ncc(Cc2cccc(F)c2)s1)S(=O)(=O)c1ccc(Cl)cc1. The van der Waals surface area contributed by atoms with Gasteiger partial charge in [-0.15, -0.1) is 11.3 Å². The van der Waals surface area contributed by atoms with Crippen LogP contribution >= 0.6 is 22.9 Å². The fourth-order valence-corrected chi connectivity index (χ4v) is 4.64. The van der Waals surface area contributed by atoms with Crippen LogP contribution in [0.15, 0.2) is 59.6 Å². The van der Waals surface area contributed by atoms with Crippen molar-refractivity contribution in [3.05, 3.63) is 76.0 Å². The summed E-state index contributed by atoms with van der Waals surface area (Å²) >= 11 is 7.03. The van der Waals surface area contributed by atoms with Gasteiger partial charge in [-0.05, 0) is 42.0 Å². The number of anilines is 1. The molecule has 1 amide bonds. The highest BCUT2D eigenvalue weighted by atomic mass is 35.5. The first-order valence-corrected chi connectivity index (χ1v) is 11.1. The van der Waals surface area contributed by atoms with Crippen molar-refractivity contribution in [1.82, 2.24) is 9.29 Å². The number of hydrogen-bond acceptors (Lipinski definition) is 5. The predicted molar refractivity (Wildman–Crippen MR) is 111 cm³/mol. The number of amides is 1. The first kappa shape index (κ1) is 21.4. The van der Waals surface area contributed by atoms with E-state index >= 15 is 0 Å². The van der Waals surface area contributed by atoms with Crippen LogP contribution < -0.4 is 5.32 Å². The number of hydrogen-bond donors (Lipinski definition) is 1. The highest BCUT2D eigenvalue weighted by Gasteiger charge is 2.23. The second-order valence-corrected chi connectivity index (χ2v) is 9.80. The Balaban J connectivity index is 1.60. The predicted octanol–water partition coefficient (Wildman–Crippen LogP) is 3.79. The summed E-state index contributed by atoms with van der Waals surface area (Å²) in [6, 6.07) is 11.9. The molecule has 2 aromatic carbocycles. The van der Waals surface area contributed by atoms with Crippen LogP contribution in [0.25, 0.3) is 0 Å². The highest BCUT2D eigenvalue weighted by Crippen LogP contribution is 2.22. The molecular formula is C19H17ClFN3O3S2. The summed E-state index contributed by atoms with van der Waals surface area (Å²) in [5.41, 5.74) is 0.792. The van der Waals surface area contributed by atoms with Crippen molar-refractivity contribution in [3.63, 3.8) is 0 Å². The van der Waals surface area contributed by atoms with E-state index in [1.165, 1.54) is 54.8 Å². The number of aromatic nitrogens is 1. The molecule has 3 rings (SSSR count). The van der Waals surface area contributed by atoms with Gasteiger partial charge in [-0.1, -0.05) is 23.7 Å².